The molecule has 0 aromatic heterocycles. The van der Waals surface area contributed by atoms with Crippen LogP contribution in [0.2, 0.25) is 0 Å². The van der Waals surface area contributed by atoms with Gasteiger partial charge < -0.3 is 4.90 Å². The summed E-state index contributed by atoms with van der Waals surface area (Å²) in [4.78, 5) is 15.2. The lowest BCUT2D eigenvalue weighted by atomic mass is 10.2. The van der Waals surface area contributed by atoms with Crippen LogP contribution < -0.4 is 4.90 Å². The van der Waals surface area contributed by atoms with Crippen LogP contribution in [-0.4, -0.2) is 42.9 Å². The lowest BCUT2D eigenvalue weighted by molar-refractivity contribution is -0.112. The number of halogens is 1. The highest BCUT2D eigenvalue weighted by atomic mass is 35.5. The first-order chi connectivity index (χ1) is 7.75. The zero-order chi connectivity index (χ0) is 11.4. The number of hydrogen-bond acceptors (Lipinski definition) is 3. The number of nitrogens with zero attached hydrogens (tertiary/aromatic N) is 2. The van der Waals surface area contributed by atoms with Crippen LogP contribution in [-0.2, 0) is 4.79 Å². The van der Waals surface area contributed by atoms with E-state index < -0.39 is 0 Å². The molecule has 0 saturated carbocycles. The first-order valence-corrected chi connectivity index (χ1v) is 5.84. The van der Waals surface area contributed by atoms with E-state index in [0.717, 1.165) is 26.2 Å². The fraction of sp³-hybridized carbons (Fsp3) is 0.417. The maximum atomic E-state index is 10.8. The molecule has 16 heavy (non-hydrogen) atoms. The molecule has 0 unspecified atom stereocenters. The molecule has 1 aliphatic heterocycles. The van der Waals surface area contributed by atoms with Crippen molar-refractivity contribution in [3.05, 3.63) is 30.3 Å². The second-order valence-corrected chi connectivity index (χ2v) is 4.38. The fourth-order valence-electron chi connectivity index (χ4n) is 1.98. The molecule has 86 valence electrons. The summed E-state index contributed by atoms with van der Waals surface area (Å²) in [5.74, 6) is 0. The molecule has 0 N–H and O–H groups in total. The highest BCUT2D eigenvalue weighted by molar-refractivity contribution is 6.64. The monoisotopic (exact) mass is 238 g/mol. The summed E-state index contributed by atoms with van der Waals surface area (Å²) < 4.78 is 0. The molecule has 0 aliphatic carbocycles. The minimum atomic E-state index is -0.270. The molecule has 1 aromatic rings. The smallest absolute Gasteiger partial charge is 0.235 e. The van der Waals surface area contributed by atoms with Gasteiger partial charge in [0.05, 0.1) is 6.54 Å². The van der Waals surface area contributed by atoms with Crippen molar-refractivity contribution in [1.82, 2.24) is 4.90 Å². The van der Waals surface area contributed by atoms with Crippen LogP contribution in [0.1, 0.15) is 0 Å². The van der Waals surface area contributed by atoms with Crippen molar-refractivity contribution in [2.24, 2.45) is 0 Å². The molecular weight excluding hydrogens is 224 g/mol. The number of anilines is 1. The molecule has 3 nitrogen and oxygen atoms in total. The predicted octanol–water partition coefficient (Wildman–Crippen LogP) is 1.57. The van der Waals surface area contributed by atoms with Gasteiger partial charge in [-0.1, -0.05) is 18.2 Å². The number of carbonyl (C=O) groups is 1. The molecule has 0 radical (unpaired) electrons. The van der Waals surface area contributed by atoms with Crippen molar-refractivity contribution in [3.63, 3.8) is 0 Å². The third-order valence-electron chi connectivity index (χ3n) is 2.84. The minimum Gasteiger partial charge on any atom is -0.369 e. The van der Waals surface area contributed by atoms with Crippen LogP contribution in [0, 0.1) is 0 Å². The summed E-state index contributed by atoms with van der Waals surface area (Å²) in [7, 11) is 0. The number of rotatable bonds is 3. The van der Waals surface area contributed by atoms with E-state index in [2.05, 4.69) is 21.9 Å². The van der Waals surface area contributed by atoms with Crippen molar-refractivity contribution < 1.29 is 4.79 Å². The predicted molar refractivity (Wildman–Crippen MR) is 66.0 cm³/mol. The van der Waals surface area contributed by atoms with Crippen LogP contribution in [0.3, 0.4) is 0 Å². The molecule has 0 bridgehead atoms. The summed E-state index contributed by atoms with van der Waals surface area (Å²) >= 11 is 5.37. The van der Waals surface area contributed by atoms with Gasteiger partial charge in [0.2, 0.25) is 5.24 Å². The van der Waals surface area contributed by atoms with Crippen molar-refractivity contribution in [2.75, 3.05) is 37.6 Å². The second kappa shape index (κ2) is 5.32. The Balaban J connectivity index is 1.88. The molecule has 1 aliphatic rings. The third kappa shape index (κ3) is 2.97. The van der Waals surface area contributed by atoms with Gasteiger partial charge in [-0.05, 0) is 23.7 Å². The summed E-state index contributed by atoms with van der Waals surface area (Å²) in [5.41, 5.74) is 1.25. The van der Waals surface area contributed by atoms with Crippen LogP contribution in [0.25, 0.3) is 0 Å². The van der Waals surface area contributed by atoms with Crippen molar-refractivity contribution >= 4 is 22.5 Å². The third-order valence-corrected chi connectivity index (χ3v) is 2.96. The van der Waals surface area contributed by atoms with Gasteiger partial charge in [-0.2, -0.15) is 0 Å². The molecule has 1 heterocycles. The molecule has 0 spiro atoms. The Morgan fingerprint density at radius 1 is 1.12 bits per heavy atom. The fourth-order valence-corrected chi connectivity index (χ4v) is 2.15. The van der Waals surface area contributed by atoms with Gasteiger partial charge in [-0.3, -0.25) is 9.69 Å². The van der Waals surface area contributed by atoms with Gasteiger partial charge in [0.25, 0.3) is 0 Å². The first-order valence-electron chi connectivity index (χ1n) is 5.46. The average molecular weight is 239 g/mol. The number of para-hydroxylation sites is 1. The normalized spacial score (nSPS) is 17.4. The molecule has 1 aromatic carbocycles. The standard InChI is InChI=1S/C12H15ClN2O/c13-12(16)10-14-6-8-15(9-7-14)11-4-2-1-3-5-11/h1-5H,6-10H2. The van der Waals surface area contributed by atoms with Crippen molar-refractivity contribution in [3.8, 4) is 0 Å². The Hall–Kier alpha value is -1.06. The largest absolute Gasteiger partial charge is 0.369 e. The summed E-state index contributed by atoms with van der Waals surface area (Å²) in [5, 5.41) is -0.270. The molecule has 0 amide bonds. The van der Waals surface area contributed by atoms with E-state index in [0.29, 0.717) is 6.54 Å². The van der Waals surface area contributed by atoms with E-state index in [-0.39, 0.29) is 5.24 Å². The van der Waals surface area contributed by atoms with Crippen LogP contribution in [0.15, 0.2) is 30.3 Å². The average Bonchev–Trinajstić information content (AvgIpc) is 2.30. The highest BCUT2D eigenvalue weighted by Crippen LogP contribution is 2.15. The zero-order valence-corrected chi connectivity index (χ0v) is 9.86. The number of piperazine rings is 1. The van der Waals surface area contributed by atoms with E-state index in [1.165, 1.54) is 5.69 Å². The van der Waals surface area contributed by atoms with Gasteiger partial charge in [0.1, 0.15) is 0 Å². The first kappa shape index (κ1) is 11.4. The summed E-state index contributed by atoms with van der Waals surface area (Å²) in [6.07, 6.45) is 0. The Bertz CT molecular complexity index is 347. The lowest BCUT2D eigenvalue weighted by Crippen LogP contribution is -2.47. The Morgan fingerprint density at radius 2 is 1.75 bits per heavy atom. The summed E-state index contributed by atoms with van der Waals surface area (Å²) in [6.45, 7) is 4.06. The minimum absolute atomic E-state index is 0.270. The van der Waals surface area contributed by atoms with E-state index in [1.807, 2.05) is 18.2 Å². The topological polar surface area (TPSA) is 23.6 Å². The van der Waals surface area contributed by atoms with Gasteiger partial charge in [0, 0.05) is 31.9 Å². The molecule has 1 saturated heterocycles. The molecule has 0 atom stereocenters. The van der Waals surface area contributed by atoms with E-state index in [1.54, 1.807) is 0 Å². The summed E-state index contributed by atoms with van der Waals surface area (Å²) in [6, 6.07) is 10.3. The van der Waals surface area contributed by atoms with Gasteiger partial charge in [-0.25, -0.2) is 0 Å². The van der Waals surface area contributed by atoms with E-state index >= 15 is 0 Å². The Kier molecular flexibility index (Phi) is 3.80. The van der Waals surface area contributed by atoms with Gasteiger partial charge in [0.15, 0.2) is 0 Å². The number of carbonyl (C=O) groups excluding carboxylic acids is 1. The quantitative estimate of drug-likeness (QED) is 0.747. The Morgan fingerprint density at radius 3 is 2.31 bits per heavy atom. The van der Waals surface area contributed by atoms with Crippen LogP contribution in [0.5, 0.6) is 0 Å². The lowest BCUT2D eigenvalue weighted by Gasteiger charge is -2.35. The van der Waals surface area contributed by atoms with Gasteiger partial charge in [-0.15, -0.1) is 0 Å². The molecule has 4 heteroatoms. The molecule has 2 rings (SSSR count). The van der Waals surface area contributed by atoms with Crippen molar-refractivity contribution in [1.29, 1.82) is 0 Å². The van der Waals surface area contributed by atoms with Crippen LogP contribution in [0.4, 0.5) is 5.69 Å². The van der Waals surface area contributed by atoms with E-state index in [4.69, 9.17) is 11.6 Å². The maximum absolute atomic E-state index is 10.8. The second-order valence-electron chi connectivity index (χ2n) is 3.95. The molecular formula is C12H15ClN2O. The highest BCUT2D eigenvalue weighted by Gasteiger charge is 2.17. The number of benzene rings is 1. The number of hydrogen-bond donors (Lipinski definition) is 0. The molecule has 1 fully saturated rings. The van der Waals surface area contributed by atoms with E-state index in [9.17, 15) is 4.79 Å². The SMILES string of the molecule is O=C(Cl)CN1CCN(c2ccccc2)CC1. The maximum Gasteiger partial charge on any atom is 0.235 e. The van der Waals surface area contributed by atoms with Crippen molar-refractivity contribution in [2.45, 2.75) is 0 Å². The Labute approximate surface area is 101 Å². The zero-order valence-electron chi connectivity index (χ0n) is 9.10. The van der Waals surface area contributed by atoms with Crippen LogP contribution >= 0.6 is 11.6 Å². The van der Waals surface area contributed by atoms with Gasteiger partial charge >= 0.3 is 0 Å².